The van der Waals surface area contributed by atoms with Gasteiger partial charge in [-0.05, 0) is 61.2 Å². The molecule has 1 amide bonds. The maximum atomic E-state index is 10.4. The lowest BCUT2D eigenvalue weighted by Gasteiger charge is -2.05. The normalized spacial score (nSPS) is 9.85. The highest BCUT2D eigenvalue weighted by molar-refractivity contribution is 7.81. The van der Waals surface area contributed by atoms with Crippen molar-refractivity contribution in [1.82, 2.24) is 9.80 Å². The number of carbonyl (C=O) groups excluding carboxylic acids is 1. The molecule has 0 unspecified atom stereocenters. The van der Waals surface area contributed by atoms with Crippen LogP contribution in [-0.2, 0) is 37.9 Å². The van der Waals surface area contributed by atoms with Crippen LogP contribution in [0.5, 0.6) is 0 Å². The Hall–Kier alpha value is -3.33. The van der Waals surface area contributed by atoms with Crippen molar-refractivity contribution < 1.29 is 51.3 Å². The molecule has 0 atom stereocenters. The first-order chi connectivity index (χ1) is 17.6. The van der Waals surface area contributed by atoms with E-state index in [0.29, 0.717) is 5.57 Å². The maximum absolute atomic E-state index is 10.4. The van der Waals surface area contributed by atoms with E-state index in [2.05, 4.69) is 28.1 Å². The molecule has 3 N–H and O–H groups in total. The summed E-state index contributed by atoms with van der Waals surface area (Å²) < 4.78 is 29.2. The third-order valence-corrected chi connectivity index (χ3v) is 4.28. The third kappa shape index (κ3) is 45.0. The van der Waals surface area contributed by atoms with Crippen LogP contribution >= 0.6 is 0 Å². The molecule has 0 saturated carbocycles. The minimum absolute atomic E-state index is 0.0556. The molecule has 228 valence electrons. The van der Waals surface area contributed by atoms with Crippen molar-refractivity contribution in [1.29, 1.82) is 0 Å². The third-order valence-electron chi connectivity index (χ3n) is 3.23. The minimum atomic E-state index is -3.68. The van der Waals surface area contributed by atoms with Gasteiger partial charge in [0.2, 0.25) is 5.91 Å². The Kier molecular flexibility index (Phi) is 32.4. The van der Waals surface area contributed by atoms with Crippen molar-refractivity contribution >= 4 is 34.2 Å². The maximum Gasteiger partial charge on any atom is 0.399 e. The van der Waals surface area contributed by atoms with Crippen LogP contribution in [0.25, 0.3) is 0 Å². The van der Waals surface area contributed by atoms with E-state index in [4.69, 9.17) is 15.3 Å². The van der Waals surface area contributed by atoms with Crippen LogP contribution in [0.15, 0.2) is 48.6 Å². The average Bonchev–Trinajstić information content (AvgIpc) is 2.79. The summed E-state index contributed by atoms with van der Waals surface area (Å²) in [5.74, 6) is -2.76. The fourth-order valence-electron chi connectivity index (χ4n) is 1.13. The minimum Gasteiger partial charge on any atom is -0.478 e. The van der Waals surface area contributed by atoms with Gasteiger partial charge >= 0.3 is 28.3 Å². The second-order valence-corrected chi connectivity index (χ2v) is 8.90. The van der Waals surface area contributed by atoms with Gasteiger partial charge in [0.15, 0.2) is 0 Å². The lowest BCUT2D eigenvalue weighted by Crippen LogP contribution is -2.18. The molecule has 0 fully saturated rings. The summed E-state index contributed by atoms with van der Waals surface area (Å²) in [6, 6.07) is 0. The van der Waals surface area contributed by atoms with Gasteiger partial charge < -0.3 is 25.1 Å². The molecule has 14 heteroatoms. The molecule has 0 spiro atoms. The number of aliphatic carboxylic acids is 3. The molecule has 0 aliphatic rings. The Morgan fingerprint density at radius 1 is 0.795 bits per heavy atom. The standard InChI is InChI=1S/C8H15NO2.C5H9NO.C4H10O4S.2C4H6O2/c1-7(8(10)11)5-4-6-9(2)3;1-4-5(7)6(2)3;1-3-7-9(5,6)8-4-2;2*1-3(2)4(5)6/h5H,4,6H2,1-3H3,(H,10,11);4H,1H2,2-3H3;3-4H2,1-2H3;2*1H2,2H3,(H,5,6). The summed E-state index contributed by atoms with van der Waals surface area (Å²) in [7, 11) is 3.61. The van der Waals surface area contributed by atoms with Gasteiger partial charge in [-0.1, -0.05) is 25.8 Å². The molecule has 0 heterocycles. The summed E-state index contributed by atoms with van der Waals surface area (Å²) >= 11 is 0. The predicted octanol–water partition coefficient (Wildman–Crippen LogP) is 2.83. The Bertz CT molecular complexity index is 847. The number of rotatable bonds is 11. The van der Waals surface area contributed by atoms with Crippen LogP contribution in [-0.4, -0.2) is 105 Å². The molecule has 0 rings (SSSR count). The van der Waals surface area contributed by atoms with Gasteiger partial charge in [0, 0.05) is 37.4 Å². The quantitative estimate of drug-likeness (QED) is 0.303. The Morgan fingerprint density at radius 2 is 1.13 bits per heavy atom. The van der Waals surface area contributed by atoms with Crippen molar-refractivity contribution in [2.45, 2.75) is 41.0 Å². The SMILES string of the molecule is C=C(C)C(=O)O.C=C(C)C(=O)O.C=CC(=O)N(C)C.CC(=CCCN(C)C)C(=O)O.CCOS(=O)(=O)OCC. The summed E-state index contributed by atoms with van der Waals surface area (Å²) in [6.07, 6.45) is 3.81. The van der Waals surface area contributed by atoms with Crippen LogP contribution in [0.2, 0.25) is 0 Å². The van der Waals surface area contributed by atoms with Gasteiger partial charge in [-0.3, -0.25) is 4.79 Å². The Labute approximate surface area is 233 Å². The van der Waals surface area contributed by atoms with E-state index in [-0.39, 0.29) is 30.3 Å². The fourth-order valence-corrected chi connectivity index (χ4v) is 1.78. The first-order valence-electron chi connectivity index (χ1n) is 11.3. The lowest BCUT2D eigenvalue weighted by atomic mass is 10.2. The number of carboxylic acids is 3. The van der Waals surface area contributed by atoms with E-state index in [1.165, 1.54) is 24.8 Å². The van der Waals surface area contributed by atoms with Crippen molar-refractivity contribution in [3.63, 3.8) is 0 Å². The molecule has 39 heavy (non-hydrogen) atoms. The zero-order valence-electron chi connectivity index (χ0n) is 24.5. The van der Waals surface area contributed by atoms with Gasteiger partial charge in [-0.15, -0.1) is 0 Å². The average molecular weight is 583 g/mol. The van der Waals surface area contributed by atoms with Crippen LogP contribution in [0, 0.1) is 0 Å². The molecule has 0 bridgehead atoms. The highest BCUT2D eigenvalue weighted by Crippen LogP contribution is 1.95. The predicted molar refractivity (Wildman–Crippen MR) is 151 cm³/mol. The molecular weight excluding hydrogens is 536 g/mol. The van der Waals surface area contributed by atoms with E-state index < -0.39 is 28.3 Å². The molecule has 0 aliphatic carbocycles. The Morgan fingerprint density at radius 3 is 1.28 bits per heavy atom. The number of carbonyl (C=O) groups is 4. The fraction of sp³-hybridized carbons (Fsp3) is 0.520. The van der Waals surface area contributed by atoms with Crippen molar-refractivity contribution in [3.05, 3.63) is 48.6 Å². The molecule has 0 aliphatic heterocycles. The number of nitrogens with zero attached hydrogens (tertiary/aromatic N) is 2. The molecule has 13 nitrogen and oxygen atoms in total. The van der Waals surface area contributed by atoms with Crippen molar-refractivity contribution in [3.8, 4) is 0 Å². The van der Waals surface area contributed by atoms with Gasteiger partial charge in [0.05, 0.1) is 13.2 Å². The zero-order chi connectivity index (χ0) is 32.4. The van der Waals surface area contributed by atoms with Crippen LogP contribution in [0.1, 0.15) is 41.0 Å². The number of amides is 1. The smallest absolute Gasteiger partial charge is 0.399 e. The van der Waals surface area contributed by atoms with Crippen LogP contribution in [0.3, 0.4) is 0 Å². The highest BCUT2D eigenvalue weighted by atomic mass is 32.3. The number of hydrogen-bond acceptors (Lipinski definition) is 9. The number of likely N-dealkylation sites (N-methyl/N-ethyl adjacent to an activating group) is 1. The van der Waals surface area contributed by atoms with E-state index in [1.807, 2.05) is 19.0 Å². The second kappa shape index (κ2) is 27.7. The number of hydrogen-bond donors (Lipinski definition) is 3. The lowest BCUT2D eigenvalue weighted by molar-refractivity contribution is -0.133. The van der Waals surface area contributed by atoms with E-state index in [9.17, 15) is 27.6 Å². The largest absolute Gasteiger partial charge is 0.478 e. The first kappa shape index (κ1) is 45.6. The van der Waals surface area contributed by atoms with Crippen molar-refractivity contribution in [2.24, 2.45) is 0 Å². The van der Waals surface area contributed by atoms with Gasteiger partial charge in [-0.25, -0.2) is 22.7 Å². The zero-order valence-corrected chi connectivity index (χ0v) is 25.3. The van der Waals surface area contributed by atoms with Gasteiger partial charge in [-0.2, -0.15) is 8.42 Å². The van der Waals surface area contributed by atoms with Crippen LogP contribution in [0.4, 0.5) is 0 Å². The van der Waals surface area contributed by atoms with Crippen LogP contribution < -0.4 is 0 Å². The summed E-state index contributed by atoms with van der Waals surface area (Å²) in [5, 5.41) is 24.2. The highest BCUT2D eigenvalue weighted by Gasteiger charge is 2.07. The van der Waals surface area contributed by atoms with Gasteiger partial charge in [0.1, 0.15) is 0 Å². The van der Waals surface area contributed by atoms with Gasteiger partial charge in [0.25, 0.3) is 0 Å². The molecule has 0 aromatic heterocycles. The summed E-state index contributed by atoms with van der Waals surface area (Å²) in [5.41, 5.74) is 0.775. The second-order valence-electron chi connectivity index (χ2n) is 7.61. The number of carboxylic acid groups (broad SMARTS) is 3. The molecule has 0 saturated heterocycles. The molecule has 0 radical (unpaired) electrons. The molecule has 0 aromatic rings. The Balaban J connectivity index is -0.000000126. The molecule has 0 aromatic carbocycles. The summed E-state index contributed by atoms with van der Waals surface area (Å²) in [6.45, 7) is 18.4. The monoisotopic (exact) mass is 582 g/mol. The summed E-state index contributed by atoms with van der Waals surface area (Å²) in [4.78, 5) is 43.3. The van der Waals surface area contributed by atoms with E-state index in [1.54, 1.807) is 40.9 Å². The van der Waals surface area contributed by atoms with E-state index in [0.717, 1.165) is 13.0 Å². The molecular formula is C25H46N2O11S. The van der Waals surface area contributed by atoms with E-state index >= 15 is 0 Å². The topological polar surface area (TPSA) is 188 Å². The van der Waals surface area contributed by atoms with Crippen molar-refractivity contribution in [2.75, 3.05) is 47.9 Å². The first-order valence-corrected chi connectivity index (χ1v) is 12.7.